The van der Waals surface area contributed by atoms with Crippen LogP contribution in [0.4, 0.5) is 0 Å². The fourth-order valence-corrected chi connectivity index (χ4v) is 2.79. The lowest BCUT2D eigenvalue weighted by Crippen LogP contribution is -2.53. The van der Waals surface area contributed by atoms with E-state index in [-0.39, 0.29) is 11.9 Å². The second kappa shape index (κ2) is 6.36. The molecule has 0 aromatic rings. The van der Waals surface area contributed by atoms with Gasteiger partial charge in [0.2, 0.25) is 5.91 Å². The minimum atomic E-state index is -0.128. The third-order valence-corrected chi connectivity index (χ3v) is 3.94. The molecule has 1 aliphatic carbocycles. The summed E-state index contributed by atoms with van der Waals surface area (Å²) < 4.78 is 5.36. The van der Waals surface area contributed by atoms with Gasteiger partial charge in [0.15, 0.2) is 0 Å². The molecule has 0 aromatic heterocycles. The minimum absolute atomic E-state index is 0.128. The Morgan fingerprint density at radius 2 is 1.94 bits per heavy atom. The van der Waals surface area contributed by atoms with Crippen LogP contribution in [0.3, 0.4) is 0 Å². The van der Waals surface area contributed by atoms with Crippen molar-refractivity contribution in [1.82, 2.24) is 10.2 Å². The predicted molar refractivity (Wildman–Crippen MR) is 66.9 cm³/mol. The Hall–Kier alpha value is -0.610. The van der Waals surface area contributed by atoms with E-state index in [1.165, 1.54) is 25.7 Å². The fraction of sp³-hybridized carbons (Fsp3) is 0.923. The van der Waals surface area contributed by atoms with Gasteiger partial charge in [-0.1, -0.05) is 25.7 Å². The largest absolute Gasteiger partial charge is 0.378 e. The molecule has 1 amide bonds. The minimum Gasteiger partial charge on any atom is -0.378 e. The van der Waals surface area contributed by atoms with Gasteiger partial charge in [0.25, 0.3) is 0 Å². The number of hydrogen-bond acceptors (Lipinski definition) is 3. The molecule has 4 heteroatoms. The molecule has 0 bridgehead atoms. The molecule has 4 nitrogen and oxygen atoms in total. The Morgan fingerprint density at radius 3 is 2.53 bits per heavy atom. The van der Waals surface area contributed by atoms with Gasteiger partial charge in [0.1, 0.15) is 6.04 Å². The lowest BCUT2D eigenvalue weighted by molar-refractivity contribution is -0.137. The summed E-state index contributed by atoms with van der Waals surface area (Å²) in [5, 5.41) is 3.24. The molecule has 1 heterocycles. The molecule has 1 aliphatic heterocycles. The molecule has 17 heavy (non-hydrogen) atoms. The van der Waals surface area contributed by atoms with Gasteiger partial charge in [-0.2, -0.15) is 0 Å². The Morgan fingerprint density at radius 1 is 1.24 bits per heavy atom. The highest BCUT2D eigenvalue weighted by Crippen LogP contribution is 2.21. The van der Waals surface area contributed by atoms with Crippen molar-refractivity contribution < 1.29 is 9.53 Å². The van der Waals surface area contributed by atoms with Gasteiger partial charge in [-0.05, 0) is 12.8 Å². The first-order chi connectivity index (χ1) is 8.29. The van der Waals surface area contributed by atoms with Crippen molar-refractivity contribution in [2.45, 2.75) is 50.6 Å². The number of hydrogen-bond donors (Lipinski definition) is 1. The van der Waals surface area contributed by atoms with E-state index in [2.05, 4.69) is 5.32 Å². The van der Waals surface area contributed by atoms with Crippen LogP contribution < -0.4 is 5.32 Å². The third kappa shape index (κ3) is 3.42. The summed E-state index contributed by atoms with van der Waals surface area (Å²) in [6.07, 6.45) is 7.49. The maximum Gasteiger partial charge on any atom is 0.242 e. The Bertz CT molecular complexity index is 244. The zero-order valence-electron chi connectivity index (χ0n) is 10.8. The van der Waals surface area contributed by atoms with Gasteiger partial charge >= 0.3 is 0 Å². The van der Waals surface area contributed by atoms with Crippen LogP contribution in [0.15, 0.2) is 0 Å². The van der Waals surface area contributed by atoms with Crippen LogP contribution in [-0.4, -0.2) is 49.7 Å². The summed E-state index contributed by atoms with van der Waals surface area (Å²) in [4.78, 5) is 14.2. The van der Waals surface area contributed by atoms with Gasteiger partial charge in [-0.15, -0.1) is 0 Å². The number of carbonyl (C=O) groups excluding carboxylic acids is 1. The molecule has 1 saturated carbocycles. The van der Waals surface area contributed by atoms with Crippen LogP contribution in [0.25, 0.3) is 0 Å². The average molecular weight is 240 g/mol. The molecule has 2 rings (SSSR count). The zero-order valence-corrected chi connectivity index (χ0v) is 10.8. The maximum absolute atomic E-state index is 12.3. The van der Waals surface area contributed by atoms with Gasteiger partial charge < -0.3 is 15.0 Å². The lowest BCUT2D eigenvalue weighted by Gasteiger charge is -2.32. The average Bonchev–Trinajstić information content (AvgIpc) is 2.67. The van der Waals surface area contributed by atoms with Crippen LogP contribution in [0.5, 0.6) is 0 Å². The molecular formula is C13H24N2O2. The van der Waals surface area contributed by atoms with Crippen LogP contribution in [0, 0.1) is 0 Å². The molecule has 98 valence electrons. The van der Waals surface area contributed by atoms with E-state index >= 15 is 0 Å². The lowest BCUT2D eigenvalue weighted by atomic mass is 10.1. The predicted octanol–water partition coefficient (Wildman–Crippen LogP) is 1.16. The topological polar surface area (TPSA) is 41.6 Å². The van der Waals surface area contributed by atoms with E-state index in [9.17, 15) is 4.79 Å². The summed E-state index contributed by atoms with van der Waals surface area (Å²) >= 11 is 0. The number of nitrogens with one attached hydrogen (secondary N) is 1. The maximum atomic E-state index is 12.3. The smallest absolute Gasteiger partial charge is 0.242 e. The summed E-state index contributed by atoms with van der Waals surface area (Å²) in [5.74, 6) is 0.205. The van der Waals surface area contributed by atoms with Crippen molar-refractivity contribution in [3.63, 3.8) is 0 Å². The SMILES string of the molecule is CN(C(=O)C1COCCN1)C1CCCCCC1. The summed E-state index contributed by atoms with van der Waals surface area (Å²) in [6.45, 7) is 2.03. The van der Waals surface area contributed by atoms with E-state index in [1.54, 1.807) is 0 Å². The quantitative estimate of drug-likeness (QED) is 0.736. The van der Waals surface area contributed by atoms with Gasteiger partial charge in [0.05, 0.1) is 13.2 Å². The summed E-state index contributed by atoms with van der Waals surface area (Å²) in [6, 6.07) is 0.311. The van der Waals surface area contributed by atoms with Crippen LogP contribution in [0.1, 0.15) is 38.5 Å². The third-order valence-electron chi connectivity index (χ3n) is 3.94. The first-order valence-electron chi connectivity index (χ1n) is 6.87. The number of ether oxygens (including phenoxy) is 1. The molecule has 1 saturated heterocycles. The molecule has 0 radical (unpaired) electrons. The van der Waals surface area contributed by atoms with E-state index in [1.807, 2.05) is 11.9 Å². The second-order valence-corrected chi connectivity index (χ2v) is 5.18. The number of morpholine rings is 1. The van der Waals surface area contributed by atoms with Crippen LogP contribution in [0.2, 0.25) is 0 Å². The van der Waals surface area contributed by atoms with Crippen molar-refractivity contribution in [2.75, 3.05) is 26.8 Å². The highest BCUT2D eigenvalue weighted by Gasteiger charge is 2.28. The molecule has 1 unspecified atom stereocenters. The fourth-order valence-electron chi connectivity index (χ4n) is 2.79. The first kappa shape index (κ1) is 12.8. The molecule has 0 aromatic carbocycles. The van der Waals surface area contributed by atoms with Crippen molar-refractivity contribution in [3.8, 4) is 0 Å². The van der Waals surface area contributed by atoms with Crippen molar-refractivity contribution in [2.24, 2.45) is 0 Å². The molecule has 2 fully saturated rings. The molecule has 0 spiro atoms. The van der Waals surface area contributed by atoms with Crippen molar-refractivity contribution in [3.05, 3.63) is 0 Å². The Labute approximate surface area is 104 Å². The number of amides is 1. The number of rotatable bonds is 2. The molecule has 1 N–H and O–H groups in total. The van der Waals surface area contributed by atoms with Crippen molar-refractivity contribution >= 4 is 5.91 Å². The highest BCUT2D eigenvalue weighted by molar-refractivity contribution is 5.82. The van der Waals surface area contributed by atoms with E-state index in [4.69, 9.17) is 4.74 Å². The standard InChI is InChI=1S/C13H24N2O2/c1-15(11-6-4-2-3-5-7-11)13(16)12-10-17-9-8-14-12/h11-12,14H,2-10H2,1H3. The van der Waals surface area contributed by atoms with Gasteiger partial charge in [-0.25, -0.2) is 0 Å². The number of carbonyl (C=O) groups is 1. The van der Waals surface area contributed by atoms with Crippen molar-refractivity contribution in [1.29, 1.82) is 0 Å². The molecule has 1 atom stereocenters. The first-order valence-corrected chi connectivity index (χ1v) is 6.87. The van der Waals surface area contributed by atoms with E-state index in [0.29, 0.717) is 12.6 Å². The Kier molecular flexibility index (Phi) is 4.80. The summed E-state index contributed by atoms with van der Waals surface area (Å²) in [7, 11) is 1.95. The molecule has 2 aliphatic rings. The molecular weight excluding hydrogens is 216 g/mol. The highest BCUT2D eigenvalue weighted by atomic mass is 16.5. The number of nitrogens with zero attached hydrogens (tertiary/aromatic N) is 1. The van der Waals surface area contributed by atoms with E-state index < -0.39 is 0 Å². The summed E-state index contributed by atoms with van der Waals surface area (Å²) in [5.41, 5.74) is 0. The Balaban J connectivity index is 1.88. The number of likely N-dealkylation sites (N-methyl/N-ethyl adjacent to an activating group) is 1. The normalized spacial score (nSPS) is 27.5. The van der Waals surface area contributed by atoms with E-state index in [0.717, 1.165) is 26.0 Å². The zero-order chi connectivity index (χ0) is 12.1. The van der Waals surface area contributed by atoms with Crippen LogP contribution >= 0.6 is 0 Å². The van der Waals surface area contributed by atoms with Gasteiger partial charge in [0, 0.05) is 19.6 Å². The van der Waals surface area contributed by atoms with Crippen LogP contribution in [-0.2, 0) is 9.53 Å². The van der Waals surface area contributed by atoms with Gasteiger partial charge in [-0.3, -0.25) is 4.79 Å². The second-order valence-electron chi connectivity index (χ2n) is 5.18. The monoisotopic (exact) mass is 240 g/mol.